The highest BCUT2D eigenvalue weighted by Gasteiger charge is 2.42. The van der Waals surface area contributed by atoms with Crippen LogP contribution in [0.4, 0.5) is 0 Å². The number of carbonyl (C=O) groups excluding carboxylic acids is 2. The lowest BCUT2D eigenvalue weighted by molar-refractivity contribution is -0.143. The number of aryl methyl sites for hydroxylation is 1. The highest BCUT2D eigenvalue weighted by Crippen LogP contribution is 2.30. The maximum atomic E-state index is 13.0. The summed E-state index contributed by atoms with van der Waals surface area (Å²) < 4.78 is 0. The first-order chi connectivity index (χ1) is 12.9. The molecule has 6 heteroatoms. The third kappa shape index (κ3) is 5.31. The second-order valence-corrected chi connectivity index (χ2v) is 7.17. The number of likely N-dealkylation sites (N-methyl/N-ethyl adjacent to an activating group) is 1. The quantitative estimate of drug-likeness (QED) is 0.732. The predicted molar refractivity (Wildman–Crippen MR) is 104 cm³/mol. The third-order valence-electron chi connectivity index (χ3n) is 5.39. The molecule has 1 aromatic rings. The van der Waals surface area contributed by atoms with Crippen molar-refractivity contribution in [3.63, 3.8) is 0 Å². The van der Waals surface area contributed by atoms with Crippen molar-refractivity contribution in [2.45, 2.75) is 64.3 Å². The molecule has 27 heavy (non-hydrogen) atoms. The molecule has 2 N–H and O–H groups in total. The minimum absolute atomic E-state index is 0.0337. The molecule has 1 saturated carbocycles. The zero-order valence-corrected chi connectivity index (χ0v) is 16.3. The number of amides is 2. The molecule has 0 atom stereocenters. The van der Waals surface area contributed by atoms with Crippen LogP contribution in [0.1, 0.15) is 68.3 Å². The first-order valence-electron chi connectivity index (χ1n) is 9.84. The van der Waals surface area contributed by atoms with Gasteiger partial charge in [0.05, 0.1) is 5.56 Å². The molecule has 1 aliphatic rings. The van der Waals surface area contributed by atoms with E-state index in [-0.39, 0.29) is 23.8 Å². The van der Waals surface area contributed by atoms with E-state index in [0.29, 0.717) is 32.4 Å². The monoisotopic (exact) mass is 374 g/mol. The predicted octanol–water partition coefficient (Wildman–Crippen LogP) is 3.00. The van der Waals surface area contributed by atoms with E-state index < -0.39 is 11.5 Å². The minimum atomic E-state index is -0.964. The Balaban J connectivity index is 2.01. The van der Waals surface area contributed by atoms with E-state index in [4.69, 9.17) is 5.11 Å². The van der Waals surface area contributed by atoms with Gasteiger partial charge < -0.3 is 15.3 Å². The van der Waals surface area contributed by atoms with Crippen molar-refractivity contribution >= 4 is 17.8 Å². The minimum Gasteiger partial charge on any atom is -0.478 e. The molecular weight excluding hydrogens is 344 g/mol. The zero-order chi connectivity index (χ0) is 19.9. The highest BCUT2D eigenvalue weighted by atomic mass is 16.4. The van der Waals surface area contributed by atoms with E-state index in [9.17, 15) is 14.4 Å². The summed E-state index contributed by atoms with van der Waals surface area (Å²) in [6.45, 7) is 5.20. The number of nitrogens with one attached hydrogen (secondary N) is 1. The zero-order valence-electron chi connectivity index (χ0n) is 16.3. The first kappa shape index (κ1) is 20.9. The molecular formula is C21H30N2O4. The largest absolute Gasteiger partial charge is 0.478 e. The van der Waals surface area contributed by atoms with E-state index in [2.05, 4.69) is 5.32 Å². The third-order valence-corrected chi connectivity index (χ3v) is 5.39. The molecule has 6 nitrogen and oxygen atoms in total. The molecule has 0 aromatic heterocycles. The topological polar surface area (TPSA) is 86.7 Å². The standard InChI is InChI=1S/C21H30N2O4/c1-3-23(4-2)20(27)21(14-6-5-7-15-21)22-18(24)13-10-16-8-11-17(12-9-16)19(25)26/h8-9,11-12H,3-7,10,13-15H2,1-2H3,(H,22,24)(H,25,26). The summed E-state index contributed by atoms with van der Waals surface area (Å²) in [5, 5.41) is 12.0. The number of carbonyl (C=O) groups is 3. The van der Waals surface area contributed by atoms with Gasteiger partial charge in [-0.2, -0.15) is 0 Å². The maximum absolute atomic E-state index is 13.0. The average molecular weight is 374 g/mol. The summed E-state index contributed by atoms with van der Waals surface area (Å²) >= 11 is 0. The fourth-order valence-corrected chi connectivity index (χ4v) is 3.76. The number of carboxylic acid groups (broad SMARTS) is 1. The van der Waals surface area contributed by atoms with Crippen LogP contribution in [0.2, 0.25) is 0 Å². The van der Waals surface area contributed by atoms with Gasteiger partial charge in [0, 0.05) is 19.5 Å². The summed E-state index contributed by atoms with van der Waals surface area (Å²) in [6, 6.07) is 6.55. The smallest absolute Gasteiger partial charge is 0.335 e. The molecule has 1 aliphatic carbocycles. The molecule has 1 aromatic carbocycles. The molecule has 0 aliphatic heterocycles. The van der Waals surface area contributed by atoms with E-state index in [1.165, 1.54) is 0 Å². The van der Waals surface area contributed by atoms with Crippen LogP contribution in [0.5, 0.6) is 0 Å². The number of nitrogens with zero attached hydrogens (tertiary/aromatic N) is 1. The highest BCUT2D eigenvalue weighted by molar-refractivity contribution is 5.91. The second-order valence-electron chi connectivity index (χ2n) is 7.17. The molecule has 0 spiro atoms. The average Bonchev–Trinajstić information content (AvgIpc) is 2.68. The number of carboxylic acids is 1. The summed E-state index contributed by atoms with van der Waals surface area (Å²) in [5.41, 5.74) is 0.367. The fraction of sp³-hybridized carbons (Fsp3) is 0.571. The molecule has 0 saturated heterocycles. The van der Waals surface area contributed by atoms with Gasteiger partial charge >= 0.3 is 5.97 Å². The Bertz CT molecular complexity index is 659. The van der Waals surface area contributed by atoms with Crippen LogP contribution >= 0.6 is 0 Å². The van der Waals surface area contributed by atoms with Crippen LogP contribution in [0.3, 0.4) is 0 Å². The lowest BCUT2D eigenvalue weighted by Gasteiger charge is -2.40. The van der Waals surface area contributed by atoms with Gasteiger partial charge in [0.15, 0.2) is 0 Å². The van der Waals surface area contributed by atoms with E-state index in [1.807, 2.05) is 13.8 Å². The molecule has 0 radical (unpaired) electrons. The van der Waals surface area contributed by atoms with Crippen LogP contribution in [0.15, 0.2) is 24.3 Å². The molecule has 148 valence electrons. The summed E-state index contributed by atoms with van der Waals surface area (Å²) in [6.07, 6.45) is 5.18. The van der Waals surface area contributed by atoms with Gasteiger partial charge in [-0.05, 0) is 50.8 Å². The Kier molecular flexibility index (Phi) is 7.39. The fourth-order valence-electron chi connectivity index (χ4n) is 3.76. The Morgan fingerprint density at radius 3 is 2.15 bits per heavy atom. The van der Waals surface area contributed by atoms with Crippen LogP contribution in [0.25, 0.3) is 0 Å². The molecule has 0 heterocycles. The van der Waals surface area contributed by atoms with Gasteiger partial charge in [-0.3, -0.25) is 9.59 Å². The van der Waals surface area contributed by atoms with Crippen molar-refractivity contribution in [1.29, 1.82) is 0 Å². The van der Waals surface area contributed by atoms with Crippen molar-refractivity contribution in [2.75, 3.05) is 13.1 Å². The lowest BCUT2D eigenvalue weighted by atomic mass is 9.80. The Hall–Kier alpha value is -2.37. The number of hydrogen-bond acceptors (Lipinski definition) is 3. The van der Waals surface area contributed by atoms with Crippen LogP contribution in [-0.4, -0.2) is 46.4 Å². The van der Waals surface area contributed by atoms with Gasteiger partial charge in [-0.15, -0.1) is 0 Å². The van der Waals surface area contributed by atoms with Crippen molar-refractivity contribution in [3.8, 4) is 0 Å². The van der Waals surface area contributed by atoms with E-state index in [0.717, 1.165) is 24.8 Å². The van der Waals surface area contributed by atoms with Gasteiger partial charge in [0.25, 0.3) is 0 Å². The van der Waals surface area contributed by atoms with Crippen molar-refractivity contribution in [3.05, 3.63) is 35.4 Å². The van der Waals surface area contributed by atoms with Crippen molar-refractivity contribution in [2.24, 2.45) is 0 Å². The summed E-state index contributed by atoms with van der Waals surface area (Å²) in [4.78, 5) is 38.3. The number of benzene rings is 1. The van der Waals surface area contributed by atoms with Gasteiger partial charge in [-0.25, -0.2) is 4.79 Å². The normalized spacial score (nSPS) is 15.8. The molecule has 2 amide bonds. The van der Waals surface area contributed by atoms with Crippen molar-refractivity contribution < 1.29 is 19.5 Å². The Morgan fingerprint density at radius 1 is 1.04 bits per heavy atom. The van der Waals surface area contributed by atoms with Crippen LogP contribution < -0.4 is 5.32 Å². The Morgan fingerprint density at radius 2 is 1.63 bits per heavy atom. The van der Waals surface area contributed by atoms with Gasteiger partial charge in [-0.1, -0.05) is 31.4 Å². The van der Waals surface area contributed by atoms with E-state index >= 15 is 0 Å². The SMILES string of the molecule is CCN(CC)C(=O)C1(NC(=O)CCc2ccc(C(=O)O)cc2)CCCCC1. The Labute approximate surface area is 160 Å². The van der Waals surface area contributed by atoms with Gasteiger partial charge in [0.1, 0.15) is 5.54 Å². The molecule has 0 unspecified atom stereocenters. The summed E-state index contributed by atoms with van der Waals surface area (Å²) in [7, 11) is 0. The number of hydrogen-bond donors (Lipinski definition) is 2. The maximum Gasteiger partial charge on any atom is 0.335 e. The lowest BCUT2D eigenvalue weighted by Crippen LogP contribution is -2.60. The van der Waals surface area contributed by atoms with Crippen molar-refractivity contribution in [1.82, 2.24) is 10.2 Å². The molecule has 2 rings (SSSR count). The number of rotatable bonds is 8. The first-order valence-corrected chi connectivity index (χ1v) is 9.84. The van der Waals surface area contributed by atoms with Gasteiger partial charge in [0.2, 0.25) is 11.8 Å². The van der Waals surface area contributed by atoms with Crippen LogP contribution in [-0.2, 0) is 16.0 Å². The second kappa shape index (κ2) is 9.53. The number of aromatic carboxylic acids is 1. The molecule has 0 bridgehead atoms. The van der Waals surface area contributed by atoms with E-state index in [1.54, 1.807) is 29.2 Å². The van der Waals surface area contributed by atoms with Crippen LogP contribution in [0, 0.1) is 0 Å². The molecule has 1 fully saturated rings. The summed E-state index contributed by atoms with van der Waals surface area (Å²) in [5.74, 6) is -1.06.